The molecule has 0 amide bonds. The number of fused-ring (bicyclic) bond motifs is 1. The van der Waals surface area contributed by atoms with Crippen LogP contribution in [0.3, 0.4) is 0 Å². The Morgan fingerprint density at radius 1 is 1.67 bits per heavy atom. The molecule has 12 heavy (non-hydrogen) atoms. The van der Waals surface area contributed by atoms with Crippen LogP contribution in [0.2, 0.25) is 0 Å². The van der Waals surface area contributed by atoms with Gasteiger partial charge in [0.1, 0.15) is 0 Å². The molecule has 3 N–H and O–H groups in total. The first kappa shape index (κ1) is 6.84. The highest BCUT2D eigenvalue weighted by atomic mass is 16.1. The van der Waals surface area contributed by atoms with Crippen molar-refractivity contribution in [3.63, 3.8) is 0 Å². The molecule has 0 fully saturated rings. The van der Waals surface area contributed by atoms with E-state index in [4.69, 9.17) is 5.73 Å². The fourth-order valence-electron chi connectivity index (χ4n) is 1.07. The zero-order chi connectivity index (χ0) is 8.72. The number of aromatic amines is 1. The number of H-pyrrole nitrogens is 1. The van der Waals surface area contributed by atoms with Crippen molar-refractivity contribution in [3.8, 4) is 0 Å². The number of nitrogen functional groups attached to an aromatic ring is 1. The summed E-state index contributed by atoms with van der Waals surface area (Å²) < 4.78 is 1.50. The third kappa shape index (κ3) is 0.714. The summed E-state index contributed by atoms with van der Waals surface area (Å²) in [6, 6.07) is 0. The quantitative estimate of drug-likeness (QED) is 0.536. The number of anilines is 1. The average Bonchev–Trinajstić information content (AvgIpc) is 2.29. The van der Waals surface area contributed by atoms with Gasteiger partial charge in [0, 0.05) is 7.05 Å². The Hall–Kier alpha value is -1.85. The smallest absolute Gasteiger partial charge is 0.277 e. The van der Waals surface area contributed by atoms with E-state index in [-0.39, 0.29) is 11.5 Å². The second-order valence-electron chi connectivity index (χ2n) is 2.43. The van der Waals surface area contributed by atoms with Gasteiger partial charge in [-0.05, 0) is 0 Å². The maximum absolute atomic E-state index is 11.2. The normalized spacial score (nSPS) is 10.8. The summed E-state index contributed by atoms with van der Waals surface area (Å²) in [7, 11) is 1.67. The number of nitrogens with one attached hydrogen (secondary N) is 1. The molecular weight excluding hydrogens is 158 g/mol. The number of nitrogens with zero attached hydrogens (tertiary/aromatic N) is 3. The number of rotatable bonds is 0. The largest absolute Gasteiger partial charge is 0.369 e. The first-order chi connectivity index (χ1) is 5.70. The Morgan fingerprint density at radius 3 is 3.08 bits per heavy atom. The van der Waals surface area contributed by atoms with Gasteiger partial charge >= 0.3 is 0 Å². The lowest BCUT2D eigenvalue weighted by Gasteiger charge is -1.92. The van der Waals surface area contributed by atoms with Gasteiger partial charge in [-0.1, -0.05) is 0 Å². The maximum atomic E-state index is 11.2. The van der Waals surface area contributed by atoms with Crippen molar-refractivity contribution < 1.29 is 0 Å². The predicted octanol–water partition coefficient (Wildman–Crippen LogP) is -0.761. The summed E-state index contributed by atoms with van der Waals surface area (Å²) in [5.41, 5.74) is 6.02. The molecule has 0 bridgehead atoms. The van der Waals surface area contributed by atoms with Crippen LogP contribution in [0.15, 0.2) is 11.1 Å². The average molecular weight is 165 g/mol. The first-order valence-electron chi connectivity index (χ1n) is 3.35. The third-order valence-electron chi connectivity index (χ3n) is 1.71. The molecule has 0 aromatic carbocycles. The Kier molecular flexibility index (Phi) is 1.18. The van der Waals surface area contributed by atoms with Gasteiger partial charge in [-0.2, -0.15) is 4.98 Å². The minimum Gasteiger partial charge on any atom is -0.369 e. The van der Waals surface area contributed by atoms with E-state index < -0.39 is 0 Å². The third-order valence-corrected chi connectivity index (χ3v) is 1.71. The second-order valence-corrected chi connectivity index (χ2v) is 2.43. The number of aromatic nitrogens is 4. The first-order valence-corrected chi connectivity index (χ1v) is 3.35. The van der Waals surface area contributed by atoms with Crippen LogP contribution in [0.1, 0.15) is 0 Å². The van der Waals surface area contributed by atoms with Gasteiger partial charge in [0.25, 0.3) is 5.56 Å². The van der Waals surface area contributed by atoms with E-state index in [1.807, 2.05) is 0 Å². The van der Waals surface area contributed by atoms with Crippen LogP contribution in [0, 0.1) is 0 Å². The summed E-state index contributed by atoms with van der Waals surface area (Å²) in [5.74, 6) is 0.286. The molecule has 2 heterocycles. The van der Waals surface area contributed by atoms with E-state index in [1.165, 1.54) is 10.9 Å². The highest BCUT2D eigenvalue weighted by molar-refractivity contribution is 5.72. The Balaban J connectivity index is 3.07. The molecule has 2 rings (SSSR count). The molecule has 0 aliphatic heterocycles. The summed E-state index contributed by atoms with van der Waals surface area (Å²) in [4.78, 5) is 21.4. The van der Waals surface area contributed by atoms with E-state index in [2.05, 4.69) is 15.0 Å². The van der Waals surface area contributed by atoms with Crippen molar-refractivity contribution in [1.29, 1.82) is 0 Å². The Morgan fingerprint density at radius 2 is 2.42 bits per heavy atom. The van der Waals surface area contributed by atoms with Crippen molar-refractivity contribution in [2.45, 2.75) is 0 Å². The van der Waals surface area contributed by atoms with Crippen LogP contribution in [-0.4, -0.2) is 19.5 Å². The van der Waals surface area contributed by atoms with Crippen LogP contribution in [-0.2, 0) is 7.05 Å². The standard InChI is InChI=1S/C6H7N5O/c1-11-3-4(10-6(11)7)8-2-9-5(3)12/h2H,1H3,(H3,7,8,9,10,12). The van der Waals surface area contributed by atoms with Gasteiger partial charge in [0.2, 0.25) is 5.95 Å². The van der Waals surface area contributed by atoms with E-state index in [9.17, 15) is 4.79 Å². The molecule has 0 saturated carbocycles. The molecule has 0 unspecified atom stereocenters. The molecule has 0 atom stereocenters. The number of hydrogen-bond acceptors (Lipinski definition) is 4. The summed E-state index contributed by atoms with van der Waals surface area (Å²) in [6.45, 7) is 0. The monoisotopic (exact) mass is 165 g/mol. The van der Waals surface area contributed by atoms with Crippen LogP contribution in [0.25, 0.3) is 11.2 Å². The van der Waals surface area contributed by atoms with Crippen molar-refractivity contribution in [2.24, 2.45) is 7.05 Å². The minimum atomic E-state index is -0.230. The fraction of sp³-hybridized carbons (Fsp3) is 0.167. The molecule has 0 radical (unpaired) electrons. The number of aryl methyl sites for hydroxylation is 1. The topological polar surface area (TPSA) is 89.6 Å². The molecule has 6 heteroatoms. The lowest BCUT2D eigenvalue weighted by atomic mass is 10.5. The van der Waals surface area contributed by atoms with Crippen molar-refractivity contribution >= 4 is 17.1 Å². The Bertz CT molecular complexity index is 482. The second kappa shape index (κ2) is 2.07. The number of nitrogens with two attached hydrogens (primary N) is 1. The van der Waals surface area contributed by atoms with E-state index in [0.29, 0.717) is 11.2 Å². The number of imidazole rings is 1. The van der Waals surface area contributed by atoms with E-state index in [0.717, 1.165) is 0 Å². The van der Waals surface area contributed by atoms with Gasteiger partial charge in [0.05, 0.1) is 6.33 Å². The maximum Gasteiger partial charge on any atom is 0.277 e. The zero-order valence-corrected chi connectivity index (χ0v) is 6.40. The van der Waals surface area contributed by atoms with E-state index in [1.54, 1.807) is 7.05 Å². The zero-order valence-electron chi connectivity index (χ0n) is 6.40. The molecule has 62 valence electrons. The van der Waals surface area contributed by atoms with Crippen molar-refractivity contribution in [3.05, 3.63) is 16.7 Å². The summed E-state index contributed by atoms with van der Waals surface area (Å²) in [5, 5.41) is 0. The van der Waals surface area contributed by atoms with Gasteiger partial charge in [0.15, 0.2) is 11.2 Å². The number of hydrogen-bond donors (Lipinski definition) is 2. The lowest BCUT2D eigenvalue weighted by Crippen LogP contribution is -2.09. The van der Waals surface area contributed by atoms with Crippen LogP contribution in [0.4, 0.5) is 5.95 Å². The molecule has 6 nitrogen and oxygen atoms in total. The molecule has 0 aliphatic carbocycles. The molecule has 0 saturated heterocycles. The molecule has 2 aromatic heterocycles. The highest BCUT2D eigenvalue weighted by Crippen LogP contribution is 2.07. The molecule has 0 spiro atoms. The van der Waals surface area contributed by atoms with Gasteiger partial charge in [-0.3, -0.25) is 4.79 Å². The van der Waals surface area contributed by atoms with Gasteiger partial charge in [-0.25, -0.2) is 4.98 Å². The SMILES string of the molecule is Cn1c(N)nc2nc[nH]c(=O)c21. The van der Waals surface area contributed by atoms with Crippen LogP contribution in [0.5, 0.6) is 0 Å². The highest BCUT2D eigenvalue weighted by Gasteiger charge is 2.07. The fourth-order valence-corrected chi connectivity index (χ4v) is 1.07. The van der Waals surface area contributed by atoms with Crippen LogP contribution < -0.4 is 11.3 Å². The summed E-state index contributed by atoms with van der Waals surface area (Å²) in [6.07, 6.45) is 1.30. The van der Waals surface area contributed by atoms with Crippen molar-refractivity contribution in [2.75, 3.05) is 5.73 Å². The predicted molar refractivity (Wildman–Crippen MR) is 43.5 cm³/mol. The van der Waals surface area contributed by atoms with Gasteiger partial charge in [-0.15, -0.1) is 0 Å². The van der Waals surface area contributed by atoms with Gasteiger partial charge < -0.3 is 15.3 Å². The molecular formula is C6H7N5O. The lowest BCUT2D eigenvalue weighted by molar-refractivity contribution is 0.954. The van der Waals surface area contributed by atoms with Crippen LogP contribution >= 0.6 is 0 Å². The Labute approximate surface area is 67.1 Å². The molecule has 2 aromatic rings. The molecule has 0 aliphatic rings. The van der Waals surface area contributed by atoms with Crippen molar-refractivity contribution in [1.82, 2.24) is 19.5 Å². The summed E-state index contributed by atoms with van der Waals surface area (Å²) >= 11 is 0. The minimum absolute atomic E-state index is 0.230. The van der Waals surface area contributed by atoms with E-state index >= 15 is 0 Å².